The average Bonchev–Trinajstić information content (AvgIpc) is 3.40. The van der Waals surface area contributed by atoms with E-state index in [9.17, 15) is 35.1 Å². The lowest BCUT2D eigenvalue weighted by Crippen LogP contribution is -2.61. The maximum atomic E-state index is 13.4. The Labute approximate surface area is 453 Å². The third-order valence-electron chi connectivity index (χ3n) is 14.5. The second-order valence-corrected chi connectivity index (χ2v) is 21.4. The topological polar surface area (TPSA) is 175 Å². The summed E-state index contributed by atoms with van der Waals surface area (Å²) in [7, 11) is 0. The molecule has 1 saturated heterocycles. The Bertz CT molecular complexity index is 1390. The van der Waals surface area contributed by atoms with Crippen molar-refractivity contribution in [2.24, 2.45) is 0 Å². The smallest absolute Gasteiger partial charge is 0.306 e. The van der Waals surface area contributed by atoms with Crippen molar-refractivity contribution in [3.05, 3.63) is 48.6 Å². The molecule has 11 nitrogen and oxygen atoms in total. The molecule has 0 aliphatic carbocycles. The average molecular weight is 1050 g/mol. The van der Waals surface area contributed by atoms with E-state index >= 15 is 0 Å². The molecule has 0 bridgehead atoms. The van der Waals surface area contributed by atoms with Crippen LogP contribution in [-0.2, 0) is 23.8 Å². The van der Waals surface area contributed by atoms with Crippen LogP contribution in [0.5, 0.6) is 0 Å². The van der Waals surface area contributed by atoms with Crippen LogP contribution in [0, 0.1) is 0 Å². The lowest BCUT2D eigenvalue weighted by atomic mass is 9.99. The van der Waals surface area contributed by atoms with Crippen molar-refractivity contribution in [3.8, 4) is 0 Å². The molecule has 8 unspecified atom stereocenters. The summed E-state index contributed by atoms with van der Waals surface area (Å²) in [4.78, 5) is 26.5. The fraction of sp³-hybridized carbons (Fsp3) is 0.841. The minimum Gasteiger partial charge on any atom is -0.454 e. The van der Waals surface area contributed by atoms with Crippen LogP contribution >= 0.6 is 0 Å². The van der Waals surface area contributed by atoms with Gasteiger partial charge in [0, 0.05) is 6.42 Å². The Morgan fingerprint density at radius 1 is 0.527 bits per heavy atom. The number of hydrogen-bond acceptors (Lipinski definition) is 10. The van der Waals surface area contributed by atoms with E-state index in [0.717, 1.165) is 77.0 Å². The monoisotopic (exact) mass is 1050 g/mol. The van der Waals surface area contributed by atoms with Crippen LogP contribution < -0.4 is 5.32 Å². The molecule has 0 saturated carbocycles. The Morgan fingerprint density at radius 3 is 1.42 bits per heavy atom. The first kappa shape index (κ1) is 69.6. The third-order valence-corrected chi connectivity index (χ3v) is 14.5. The fourth-order valence-electron chi connectivity index (χ4n) is 9.54. The summed E-state index contributed by atoms with van der Waals surface area (Å²) in [5.41, 5.74) is 0. The van der Waals surface area contributed by atoms with Gasteiger partial charge in [-0.1, -0.05) is 256 Å². The summed E-state index contributed by atoms with van der Waals surface area (Å²) in [6.07, 6.45) is 51.5. The van der Waals surface area contributed by atoms with Gasteiger partial charge in [0.25, 0.3) is 0 Å². The van der Waals surface area contributed by atoms with Crippen LogP contribution in [0.1, 0.15) is 278 Å². The van der Waals surface area contributed by atoms with Crippen molar-refractivity contribution >= 4 is 11.9 Å². The molecule has 0 aromatic heterocycles. The fourth-order valence-corrected chi connectivity index (χ4v) is 9.54. The number of carbonyl (C=O) groups excluding carboxylic acids is 2. The van der Waals surface area contributed by atoms with Crippen molar-refractivity contribution < 1.29 is 49.3 Å². The van der Waals surface area contributed by atoms with Gasteiger partial charge in [0.1, 0.15) is 24.4 Å². The first-order valence-electron chi connectivity index (χ1n) is 30.9. The van der Waals surface area contributed by atoms with Crippen molar-refractivity contribution in [2.45, 2.75) is 327 Å². The number of aliphatic hydroxyl groups excluding tert-OH is 5. The van der Waals surface area contributed by atoms with Gasteiger partial charge in [0.2, 0.25) is 5.91 Å². The van der Waals surface area contributed by atoms with Crippen molar-refractivity contribution in [1.82, 2.24) is 5.32 Å². The number of nitrogens with one attached hydrogen (secondary N) is 1. The number of allylic oxidation sites excluding steroid dienone is 7. The molecule has 0 aromatic carbocycles. The van der Waals surface area contributed by atoms with Crippen molar-refractivity contribution in [2.75, 3.05) is 13.2 Å². The molecule has 0 spiro atoms. The Hall–Kier alpha value is -2.38. The molecule has 8 atom stereocenters. The van der Waals surface area contributed by atoms with E-state index in [2.05, 4.69) is 62.5 Å². The molecule has 11 heteroatoms. The molecule has 1 aliphatic heterocycles. The van der Waals surface area contributed by atoms with Gasteiger partial charge < -0.3 is 45.1 Å². The summed E-state index contributed by atoms with van der Waals surface area (Å²) in [5, 5.41) is 56.9. The number of amides is 1. The third kappa shape index (κ3) is 39.1. The minimum absolute atomic E-state index is 0.126. The number of aliphatic hydroxyl groups is 5. The van der Waals surface area contributed by atoms with E-state index in [-0.39, 0.29) is 19.4 Å². The second-order valence-electron chi connectivity index (χ2n) is 21.4. The van der Waals surface area contributed by atoms with E-state index in [1.165, 1.54) is 154 Å². The molecule has 0 radical (unpaired) electrons. The zero-order valence-electron chi connectivity index (χ0n) is 47.7. The van der Waals surface area contributed by atoms with Gasteiger partial charge in [-0.3, -0.25) is 9.59 Å². The largest absolute Gasteiger partial charge is 0.454 e. The SMILES string of the molecule is CCCCC/C=C\C/C=C\C/C=C\CCCCCCCCCCCC(O)C(=O)NC(COC1OC(CO)C(O)C(O)C1OC(=O)CCCCCCCCCCCCC)C(O)/C=C/CCCCCCCCCCCC. The predicted octanol–water partition coefficient (Wildman–Crippen LogP) is 14.4. The van der Waals surface area contributed by atoms with Crippen LogP contribution in [0.4, 0.5) is 0 Å². The van der Waals surface area contributed by atoms with Gasteiger partial charge in [-0.15, -0.1) is 0 Å². The Morgan fingerprint density at radius 2 is 0.932 bits per heavy atom. The molecule has 6 N–H and O–H groups in total. The van der Waals surface area contributed by atoms with Crippen LogP contribution in [0.25, 0.3) is 0 Å². The highest BCUT2D eigenvalue weighted by Gasteiger charge is 2.47. The number of rotatable bonds is 52. The first-order valence-corrected chi connectivity index (χ1v) is 30.9. The minimum atomic E-state index is -1.61. The van der Waals surface area contributed by atoms with Crippen molar-refractivity contribution in [1.29, 1.82) is 0 Å². The number of unbranched alkanes of at least 4 members (excludes halogenated alkanes) is 32. The maximum Gasteiger partial charge on any atom is 0.306 e. The number of hydrogen-bond donors (Lipinski definition) is 6. The summed E-state index contributed by atoms with van der Waals surface area (Å²) in [6.45, 7) is 5.75. The molecule has 1 rings (SSSR count). The maximum absolute atomic E-state index is 13.4. The summed E-state index contributed by atoms with van der Waals surface area (Å²) >= 11 is 0. The van der Waals surface area contributed by atoms with Gasteiger partial charge in [-0.05, 0) is 64.2 Å². The van der Waals surface area contributed by atoms with Gasteiger partial charge in [-0.2, -0.15) is 0 Å². The standard InChI is InChI=1S/C63H115NO10/c1-4-7-10-13-16-19-22-24-25-26-27-28-29-30-31-32-33-36-38-41-44-47-50-56(67)62(71)64-54(55(66)49-46-43-40-37-35-23-20-17-14-11-8-5-2)53-72-63-61(60(70)59(69)57(52-65)73-63)74-58(68)51-48-45-42-39-34-21-18-15-12-9-6-3/h16,19,24-25,27-28,46,49,54-57,59-61,63,65-67,69-70H,4-15,17-18,20-23,26,29-45,47-48,50-53H2,1-3H3,(H,64,71)/b19-16-,25-24-,28-27-,49-46+. The molecule has 1 amide bonds. The van der Waals surface area contributed by atoms with Gasteiger partial charge >= 0.3 is 5.97 Å². The lowest BCUT2D eigenvalue weighted by Gasteiger charge is -2.41. The highest BCUT2D eigenvalue weighted by molar-refractivity contribution is 5.80. The van der Waals surface area contributed by atoms with Gasteiger partial charge in [0.15, 0.2) is 12.4 Å². The highest BCUT2D eigenvalue weighted by atomic mass is 16.7. The van der Waals surface area contributed by atoms with Gasteiger partial charge in [-0.25, -0.2) is 0 Å². The zero-order valence-corrected chi connectivity index (χ0v) is 47.7. The summed E-state index contributed by atoms with van der Waals surface area (Å²) in [5.74, 6) is -1.19. The van der Waals surface area contributed by atoms with E-state index in [4.69, 9.17) is 14.2 Å². The molecule has 0 aromatic rings. The molecule has 432 valence electrons. The van der Waals surface area contributed by atoms with Crippen molar-refractivity contribution in [3.63, 3.8) is 0 Å². The number of carbonyl (C=O) groups is 2. The second kappa shape index (κ2) is 51.4. The molecule has 74 heavy (non-hydrogen) atoms. The molecular formula is C63H115NO10. The van der Waals surface area contributed by atoms with E-state index in [1.807, 2.05) is 6.08 Å². The molecule has 1 fully saturated rings. The molecule has 1 aliphatic rings. The number of esters is 1. The zero-order chi connectivity index (χ0) is 54.0. The van der Waals surface area contributed by atoms with E-state index in [0.29, 0.717) is 12.8 Å². The predicted molar refractivity (Wildman–Crippen MR) is 306 cm³/mol. The summed E-state index contributed by atoms with van der Waals surface area (Å²) in [6, 6.07) is -1.02. The first-order chi connectivity index (χ1) is 36.2. The van der Waals surface area contributed by atoms with E-state index < -0.39 is 67.4 Å². The normalized spacial score (nSPS) is 19.6. The number of ether oxygens (including phenoxy) is 3. The van der Waals surface area contributed by atoms with Crippen LogP contribution in [0.15, 0.2) is 48.6 Å². The Kier molecular flexibility index (Phi) is 48.3. The molecule has 1 heterocycles. The quantitative estimate of drug-likeness (QED) is 0.0195. The highest BCUT2D eigenvalue weighted by Crippen LogP contribution is 2.26. The molecular weight excluding hydrogens is 931 g/mol. The lowest BCUT2D eigenvalue weighted by molar-refractivity contribution is -0.305. The van der Waals surface area contributed by atoms with Gasteiger partial charge in [0.05, 0.1) is 25.4 Å². The van der Waals surface area contributed by atoms with Crippen LogP contribution in [0.3, 0.4) is 0 Å². The van der Waals surface area contributed by atoms with Crippen LogP contribution in [-0.4, -0.2) is 99.6 Å². The van der Waals surface area contributed by atoms with Crippen LogP contribution in [0.2, 0.25) is 0 Å². The Balaban J connectivity index is 2.65. The van der Waals surface area contributed by atoms with E-state index in [1.54, 1.807) is 6.08 Å². The summed E-state index contributed by atoms with van der Waals surface area (Å²) < 4.78 is 17.6.